The lowest BCUT2D eigenvalue weighted by molar-refractivity contribution is -0.384. The molecule has 0 heterocycles. The molecule has 0 bridgehead atoms. The molecule has 0 spiro atoms. The van der Waals surface area contributed by atoms with Gasteiger partial charge in [0, 0.05) is 34.0 Å². The first-order valence-electron chi connectivity index (χ1n) is 9.94. The SMILES string of the molecule is Cc1cccc(NC(=O)C(C)Sc2cccc(NC(=O)c3ccc([N+](=O)[O-])cc3)c2)c1C. The zero-order valence-electron chi connectivity index (χ0n) is 17.9. The molecular weight excluding hydrogens is 426 g/mol. The molecule has 2 N–H and O–H groups in total. The topological polar surface area (TPSA) is 101 Å². The Morgan fingerprint density at radius 2 is 1.66 bits per heavy atom. The third kappa shape index (κ3) is 5.73. The summed E-state index contributed by atoms with van der Waals surface area (Å²) >= 11 is 1.38. The first-order valence-corrected chi connectivity index (χ1v) is 10.8. The molecular formula is C24H23N3O4S. The van der Waals surface area contributed by atoms with Crippen LogP contribution in [-0.4, -0.2) is 22.0 Å². The molecule has 0 aliphatic heterocycles. The minimum atomic E-state index is -0.514. The molecule has 0 saturated heterocycles. The molecule has 164 valence electrons. The summed E-state index contributed by atoms with van der Waals surface area (Å²) in [5.74, 6) is -0.480. The number of aryl methyl sites for hydroxylation is 1. The van der Waals surface area contributed by atoms with Crippen molar-refractivity contribution in [2.75, 3.05) is 10.6 Å². The van der Waals surface area contributed by atoms with E-state index in [0.29, 0.717) is 11.3 Å². The van der Waals surface area contributed by atoms with E-state index in [1.54, 1.807) is 18.2 Å². The second-order valence-electron chi connectivity index (χ2n) is 7.28. The number of nitro groups is 1. The van der Waals surface area contributed by atoms with Crippen molar-refractivity contribution in [3.8, 4) is 0 Å². The molecule has 3 aromatic rings. The number of amides is 2. The Bertz CT molecular complexity index is 1160. The van der Waals surface area contributed by atoms with E-state index in [1.807, 2.05) is 45.0 Å². The first-order chi connectivity index (χ1) is 15.2. The monoisotopic (exact) mass is 449 g/mol. The van der Waals surface area contributed by atoms with E-state index in [1.165, 1.54) is 36.0 Å². The van der Waals surface area contributed by atoms with Crippen LogP contribution in [-0.2, 0) is 4.79 Å². The molecule has 3 aromatic carbocycles. The van der Waals surface area contributed by atoms with Crippen LogP contribution in [0.1, 0.15) is 28.4 Å². The second-order valence-corrected chi connectivity index (χ2v) is 8.70. The van der Waals surface area contributed by atoms with Crippen molar-refractivity contribution in [3.05, 3.63) is 93.5 Å². The highest BCUT2D eigenvalue weighted by Gasteiger charge is 2.16. The molecule has 32 heavy (non-hydrogen) atoms. The standard InChI is InChI=1S/C24H23N3O4S/c1-15-6-4-9-22(16(15)2)26-23(28)17(3)32-21-8-5-7-19(14-21)25-24(29)18-10-12-20(13-11-18)27(30)31/h4-14,17H,1-3H3,(H,25,29)(H,26,28). The van der Waals surface area contributed by atoms with Crippen LogP contribution in [0.25, 0.3) is 0 Å². The molecule has 0 saturated carbocycles. The highest BCUT2D eigenvalue weighted by atomic mass is 32.2. The van der Waals surface area contributed by atoms with E-state index >= 15 is 0 Å². The highest BCUT2D eigenvalue weighted by molar-refractivity contribution is 8.00. The van der Waals surface area contributed by atoms with E-state index in [9.17, 15) is 19.7 Å². The van der Waals surface area contributed by atoms with Crippen molar-refractivity contribution >= 4 is 40.6 Å². The van der Waals surface area contributed by atoms with Crippen molar-refractivity contribution in [1.82, 2.24) is 0 Å². The summed E-state index contributed by atoms with van der Waals surface area (Å²) in [6, 6.07) is 18.4. The van der Waals surface area contributed by atoms with E-state index in [0.717, 1.165) is 21.7 Å². The molecule has 0 fully saturated rings. The molecule has 7 nitrogen and oxygen atoms in total. The quantitative estimate of drug-likeness (QED) is 0.278. The average Bonchev–Trinajstić information content (AvgIpc) is 2.77. The summed E-state index contributed by atoms with van der Waals surface area (Å²) in [4.78, 5) is 36.2. The van der Waals surface area contributed by atoms with Crippen molar-refractivity contribution in [2.24, 2.45) is 0 Å². The van der Waals surface area contributed by atoms with Crippen molar-refractivity contribution in [2.45, 2.75) is 30.9 Å². The molecule has 0 aliphatic carbocycles. The molecule has 1 unspecified atom stereocenters. The number of rotatable bonds is 7. The average molecular weight is 450 g/mol. The predicted octanol–water partition coefficient (Wildman–Crippen LogP) is 5.58. The Kier molecular flexibility index (Phi) is 7.27. The Hall–Kier alpha value is -3.65. The number of benzene rings is 3. The largest absolute Gasteiger partial charge is 0.325 e. The van der Waals surface area contributed by atoms with E-state index < -0.39 is 4.92 Å². The number of anilines is 2. The molecule has 0 radical (unpaired) electrons. The fourth-order valence-corrected chi connectivity index (χ4v) is 3.89. The molecule has 3 rings (SSSR count). The minimum Gasteiger partial charge on any atom is -0.325 e. The normalized spacial score (nSPS) is 11.5. The van der Waals surface area contributed by atoms with Crippen molar-refractivity contribution in [3.63, 3.8) is 0 Å². The highest BCUT2D eigenvalue weighted by Crippen LogP contribution is 2.27. The number of carbonyl (C=O) groups excluding carboxylic acids is 2. The Morgan fingerprint density at radius 3 is 2.34 bits per heavy atom. The van der Waals surface area contributed by atoms with E-state index in [2.05, 4.69) is 10.6 Å². The number of nitro benzene ring substituents is 1. The number of hydrogen-bond donors (Lipinski definition) is 2. The molecule has 0 aliphatic rings. The van der Waals surface area contributed by atoms with E-state index in [4.69, 9.17) is 0 Å². The molecule has 2 amide bonds. The molecule has 1 atom stereocenters. The van der Waals surface area contributed by atoms with Crippen LogP contribution >= 0.6 is 11.8 Å². The van der Waals surface area contributed by atoms with Crippen LogP contribution in [0, 0.1) is 24.0 Å². The minimum absolute atomic E-state index is 0.0759. The summed E-state index contributed by atoms with van der Waals surface area (Å²) < 4.78 is 0. The van der Waals surface area contributed by atoms with Gasteiger partial charge in [0.15, 0.2) is 0 Å². The van der Waals surface area contributed by atoms with Gasteiger partial charge in [0.25, 0.3) is 11.6 Å². The van der Waals surface area contributed by atoms with Crippen molar-refractivity contribution < 1.29 is 14.5 Å². The number of hydrogen-bond acceptors (Lipinski definition) is 5. The van der Waals surface area contributed by atoms with Gasteiger partial charge < -0.3 is 10.6 Å². The fourth-order valence-electron chi connectivity index (χ4n) is 2.96. The number of thioether (sulfide) groups is 1. The smallest absolute Gasteiger partial charge is 0.269 e. The zero-order chi connectivity index (χ0) is 23.3. The van der Waals surface area contributed by atoms with Crippen LogP contribution in [0.4, 0.5) is 17.1 Å². The van der Waals surface area contributed by atoms with Gasteiger partial charge in [-0.25, -0.2) is 0 Å². The lowest BCUT2D eigenvalue weighted by atomic mass is 10.1. The lowest BCUT2D eigenvalue weighted by Gasteiger charge is -2.15. The summed E-state index contributed by atoms with van der Waals surface area (Å²) in [5, 5.41) is 16.2. The zero-order valence-corrected chi connectivity index (χ0v) is 18.7. The summed E-state index contributed by atoms with van der Waals surface area (Å²) in [5.41, 5.74) is 3.75. The summed E-state index contributed by atoms with van der Waals surface area (Å²) in [6.45, 7) is 5.80. The maximum Gasteiger partial charge on any atom is 0.269 e. The number of nitrogens with one attached hydrogen (secondary N) is 2. The van der Waals surface area contributed by atoms with E-state index in [-0.39, 0.29) is 22.8 Å². The van der Waals surface area contributed by atoms with Gasteiger partial charge in [0.05, 0.1) is 10.2 Å². The van der Waals surface area contributed by atoms with Gasteiger partial charge >= 0.3 is 0 Å². The van der Waals surface area contributed by atoms with Gasteiger partial charge in [0.2, 0.25) is 5.91 Å². The number of nitrogens with zero attached hydrogens (tertiary/aromatic N) is 1. The van der Waals surface area contributed by atoms with Crippen LogP contribution in [0.15, 0.2) is 71.6 Å². The van der Waals surface area contributed by atoms with Gasteiger partial charge in [-0.05, 0) is 68.3 Å². The summed E-state index contributed by atoms with van der Waals surface area (Å²) in [7, 11) is 0. The Labute approximate surface area is 190 Å². The Morgan fingerprint density at radius 1 is 0.969 bits per heavy atom. The third-order valence-electron chi connectivity index (χ3n) is 4.98. The van der Waals surface area contributed by atoms with Crippen molar-refractivity contribution in [1.29, 1.82) is 0 Å². The maximum atomic E-state index is 12.7. The molecule has 0 aromatic heterocycles. The van der Waals surface area contributed by atoms with Crippen LogP contribution in [0.5, 0.6) is 0 Å². The lowest BCUT2D eigenvalue weighted by Crippen LogP contribution is -2.23. The van der Waals surface area contributed by atoms with Gasteiger partial charge in [-0.2, -0.15) is 0 Å². The number of non-ortho nitro benzene ring substituents is 1. The van der Waals surface area contributed by atoms with Gasteiger partial charge in [-0.1, -0.05) is 18.2 Å². The predicted molar refractivity (Wildman–Crippen MR) is 127 cm³/mol. The second kappa shape index (κ2) is 10.1. The molecule has 8 heteroatoms. The Balaban J connectivity index is 1.63. The van der Waals surface area contributed by atoms with Crippen LogP contribution in [0.2, 0.25) is 0 Å². The fraction of sp³-hybridized carbons (Fsp3) is 0.167. The maximum absolute atomic E-state index is 12.7. The first kappa shape index (κ1) is 23.0. The van der Waals surface area contributed by atoms with Crippen LogP contribution in [0.3, 0.4) is 0 Å². The van der Waals surface area contributed by atoms with Crippen LogP contribution < -0.4 is 10.6 Å². The third-order valence-corrected chi connectivity index (χ3v) is 6.07. The van der Waals surface area contributed by atoms with Gasteiger partial charge in [-0.15, -0.1) is 11.8 Å². The van der Waals surface area contributed by atoms with Gasteiger partial charge in [-0.3, -0.25) is 19.7 Å². The van der Waals surface area contributed by atoms with Gasteiger partial charge in [0.1, 0.15) is 0 Å². The number of carbonyl (C=O) groups is 2. The summed E-state index contributed by atoms with van der Waals surface area (Å²) in [6.07, 6.45) is 0.